The average Bonchev–Trinajstić information content (AvgIpc) is 3.18. The third kappa shape index (κ3) is 6.47. The van der Waals surface area contributed by atoms with E-state index in [0.717, 1.165) is 27.7 Å². The highest BCUT2D eigenvalue weighted by molar-refractivity contribution is 9.10. The molecule has 1 atom stereocenters. The number of rotatable bonds is 8. The molecule has 1 heterocycles. The van der Waals surface area contributed by atoms with Crippen LogP contribution in [0.15, 0.2) is 64.0 Å². The summed E-state index contributed by atoms with van der Waals surface area (Å²) < 4.78 is 12.3. The minimum atomic E-state index is -0.256. The number of methoxy groups -OCH3 is 1. The van der Waals surface area contributed by atoms with E-state index in [2.05, 4.69) is 45.6 Å². The fourth-order valence-electron chi connectivity index (χ4n) is 3.42. The zero-order valence-electron chi connectivity index (χ0n) is 19.0. The van der Waals surface area contributed by atoms with Crippen molar-refractivity contribution >= 4 is 68.6 Å². The summed E-state index contributed by atoms with van der Waals surface area (Å²) in [6.45, 7) is 2.37. The number of amides is 1. The van der Waals surface area contributed by atoms with Gasteiger partial charge in [0.15, 0.2) is 17.0 Å². The van der Waals surface area contributed by atoms with Gasteiger partial charge in [-0.2, -0.15) is 0 Å². The van der Waals surface area contributed by atoms with Crippen molar-refractivity contribution in [2.75, 3.05) is 12.4 Å². The molecule has 9 heteroatoms. The number of carbonyl (C=O) groups excluding carboxylic acids is 1. The molecule has 2 N–H and O–H groups in total. The Morgan fingerprint density at radius 2 is 1.89 bits per heavy atom. The van der Waals surface area contributed by atoms with E-state index in [1.165, 1.54) is 17.3 Å². The Morgan fingerprint density at radius 3 is 2.57 bits per heavy atom. The fraction of sp³-hybridized carbons (Fsp3) is 0.192. The first kappa shape index (κ1) is 25.8. The van der Waals surface area contributed by atoms with Crippen LogP contribution in [0.3, 0.4) is 0 Å². The summed E-state index contributed by atoms with van der Waals surface area (Å²) in [6, 6.07) is 17.1. The second-order valence-corrected chi connectivity index (χ2v) is 10.6. The monoisotopic (exact) mass is 592 g/mol. The van der Waals surface area contributed by atoms with Crippen LogP contribution in [-0.4, -0.2) is 18.5 Å². The molecule has 1 saturated heterocycles. The molecule has 1 fully saturated rings. The molecule has 4 rings (SSSR count). The molecule has 0 bridgehead atoms. The van der Waals surface area contributed by atoms with Gasteiger partial charge in [0.05, 0.1) is 12.0 Å². The van der Waals surface area contributed by atoms with Gasteiger partial charge in [-0.15, -0.1) is 0 Å². The number of carbonyl (C=O) groups is 1. The van der Waals surface area contributed by atoms with Crippen LogP contribution in [0, 0.1) is 0 Å². The maximum Gasteiger partial charge on any atom is 0.260 e. The molecule has 1 aliphatic rings. The lowest BCUT2D eigenvalue weighted by molar-refractivity contribution is -0.116. The summed E-state index contributed by atoms with van der Waals surface area (Å²) in [5.41, 5.74) is 3.56. The number of halogens is 3. The van der Waals surface area contributed by atoms with E-state index in [-0.39, 0.29) is 18.0 Å². The summed E-state index contributed by atoms with van der Waals surface area (Å²) >= 11 is 17.2. The smallest absolute Gasteiger partial charge is 0.260 e. The highest BCUT2D eigenvalue weighted by Crippen LogP contribution is 2.38. The van der Waals surface area contributed by atoms with E-state index < -0.39 is 0 Å². The average molecular weight is 594 g/mol. The topological polar surface area (TPSA) is 59.6 Å². The summed E-state index contributed by atoms with van der Waals surface area (Å²) in [7, 11) is 1.57. The second-order valence-electron chi connectivity index (χ2n) is 7.72. The third-order valence-electron chi connectivity index (χ3n) is 5.36. The third-order valence-corrected chi connectivity index (χ3v) is 7.66. The molecule has 0 aliphatic carbocycles. The molecule has 3 aromatic rings. The molecule has 0 unspecified atom stereocenters. The number of hydrogen-bond acceptors (Lipinski definition) is 5. The first-order chi connectivity index (χ1) is 16.9. The Kier molecular flexibility index (Phi) is 8.55. The Bertz CT molecular complexity index is 1270. The number of aryl methyl sites for hydroxylation is 1. The molecule has 182 valence electrons. The minimum Gasteiger partial charge on any atom is -0.493 e. The largest absolute Gasteiger partial charge is 0.493 e. The normalized spacial score (nSPS) is 16.3. The maximum absolute atomic E-state index is 12.6. The minimum absolute atomic E-state index is 0.138. The molecular formula is C26H23BrCl2N2O3S. The van der Waals surface area contributed by atoms with E-state index >= 15 is 0 Å². The van der Waals surface area contributed by atoms with E-state index in [0.29, 0.717) is 26.4 Å². The molecule has 1 aliphatic heterocycles. The van der Waals surface area contributed by atoms with Crippen LogP contribution in [0.1, 0.15) is 23.6 Å². The van der Waals surface area contributed by atoms with Crippen LogP contribution in [-0.2, 0) is 17.8 Å². The molecule has 1 amide bonds. The van der Waals surface area contributed by atoms with Gasteiger partial charge in [-0.25, -0.2) is 0 Å². The predicted molar refractivity (Wildman–Crippen MR) is 148 cm³/mol. The number of hydrogen-bond donors (Lipinski definition) is 2. The molecule has 0 spiro atoms. The van der Waals surface area contributed by atoms with Gasteiger partial charge in [0.2, 0.25) is 0 Å². The lowest BCUT2D eigenvalue weighted by Gasteiger charge is -2.14. The SMILES string of the molecule is CCc1ccc(N[C@@H]2NC(=O)/C(=C/c3cc(OC)c(OCc4ccc(Cl)cc4Cl)cc3Br)S2)cc1. The van der Waals surface area contributed by atoms with Gasteiger partial charge < -0.3 is 20.1 Å². The first-order valence-electron chi connectivity index (χ1n) is 10.8. The fourth-order valence-corrected chi connectivity index (χ4v) is 5.30. The standard InChI is InChI=1S/C26H23BrCl2N2O3S/c1-3-15-4-8-19(9-5-15)30-26-31-25(32)24(35-26)11-17-10-22(33-2)23(13-20(17)27)34-14-16-6-7-18(28)12-21(16)29/h4-13,26,30H,3,14H2,1-2H3,(H,31,32)/b24-11-/t26-/m1/s1. The summed E-state index contributed by atoms with van der Waals surface area (Å²) in [5, 5.41) is 7.40. The number of benzene rings is 3. The number of nitrogens with one attached hydrogen (secondary N) is 2. The van der Waals surface area contributed by atoms with Crippen LogP contribution in [0.5, 0.6) is 11.5 Å². The van der Waals surface area contributed by atoms with E-state index in [1.807, 2.05) is 36.4 Å². The van der Waals surface area contributed by atoms with Crippen molar-refractivity contribution in [3.8, 4) is 11.5 Å². The van der Waals surface area contributed by atoms with Crippen LogP contribution in [0.4, 0.5) is 5.69 Å². The van der Waals surface area contributed by atoms with Crippen molar-refractivity contribution in [3.05, 3.63) is 90.7 Å². The van der Waals surface area contributed by atoms with Crippen molar-refractivity contribution in [3.63, 3.8) is 0 Å². The van der Waals surface area contributed by atoms with Gasteiger partial charge in [0.25, 0.3) is 5.91 Å². The van der Waals surface area contributed by atoms with Crippen LogP contribution in [0.25, 0.3) is 6.08 Å². The molecule has 35 heavy (non-hydrogen) atoms. The molecule has 0 saturated carbocycles. The zero-order chi connectivity index (χ0) is 24.9. The molecule has 0 aromatic heterocycles. The van der Waals surface area contributed by atoms with Crippen LogP contribution < -0.4 is 20.1 Å². The Hall–Kier alpha value is -2.32. The van der Waals surface area contributed by atoms with Crippen molar-refractivity contribution in [1.29, 1.82) is 0 Å². The highest BCUT2D eigenvalue weighted by Gasteiger charge is 2.27. The predicted octanol–water partition coefficient (Wildman–Crippen LogP) is 7.51. The molecule has 3 aromatic carbocycles. The van der Waals surface area contributed by atoms with Gasteiger partial charge in [-0.05, 0) is 60.0 Å². The summed E-state index contributed by atoms with van der Waals surface area (Å²) in [5.74, 6) is 0.951. The van der Waals surface area contributed by atoms with E-state index in [4.69, 9.17) is 32.7 Å². The van der Waals surface area contributed by atoms with Crippen molar-refractivity contribution in [1.82, 2.24) is 5.32 Å². The van der Waals surface area contributed by atoms with Crippen LogP contribution in [0.2, 0.25) is 10.0 Å². The van der Waals surface area contributed by atoms with Gasteiger partial charge in [0.1, 0.15) is 6.61 Å². The van der Waals surface area contributed by atoms with Crippen molar-refractivity contribution in [2.24, 2.45) is 0 Å². The Morgan fingerprint density at radius 1 is 1.11 bits per heavy atom. The maximum atomic E-state index is 12.6. The number of thioether (sulfide) groups is 1. The van der Waals surface area contributed by atoms with Gasteiger partial charge in [-0.1, -0.05) is 76.0 Å². The van der Waals surface area contributed by atoms with Crippen molar-refractivity contribution < 1.29 is 14.3 Å². The highest BCUT2D eigenvalue weighted by atomic mass is 79.9. The summed E-state index contributed by atoms with van der Waals surface area (Å²) in [6.07, 6.45) is 2.81. The first-order valence-corrected chi connectivity index (χ1v) is 13.3. The number of ether oxygens (including phenoxy) is 2. The lowest BCUT2D eigenvalue weighted by atomic mass is 10.1. The second kappa shape index (κ2) is 11.6. The Balaban J connectivity index is 1.48. The van der Waals surface area contributed by atoms with Gasteiger partial charge in [-0.3, -0.25) is 4.79 Å². The summed E-state index contributed by atoms with van der Waals surface area (Å²) in [4.78, 5) is 13.2. The van der Waals surface area contributed by atoms with Crippen LogP contribution >= 0.6 is 50.9 Å². The lowest BCUT2D eigenvalue weighted by Crippen LogP contribution is -2.30. The van der Waals surface area contributed by atoms with Gasteiger partial charge >= 0.3 is 0 Å². The quantitative estimate of drug-likeness (QED) is 0.265. The Labute approximate surface area is 227 Å². The molecule has 0 radical (unpaired) electrons. The number of anilines is 1. The zero-order valence-corrected chi connectivity index (χ0v) is 22.9. The molecular weight excluding hydrogens is 571 g/mol. The van der Waals surface area contributed by atoms with E-state index in [1.54, 1.807) is 19.2 Å². The molecule has 5 nitrogen and oxygen atoms in total. The van der Waals surface area contributed by atoms with Crippen molar-refractivity contribution in [2.45, 2.75) is 25.4 Å². The van der Waals surface area contributed by atoms with E-state index in [9.17, 15) is 4.79 Å². The van der Waals surface area contributed by atoms with Gasteiger partial charge in [0, 0.05) is 25.8 Å².